The molecule has 0 spiro atoms. The molecule has 25 heavy (non-hydrogen) atoms. The van der Waals surface area contributed by atoms with E-state index in [0.29, 0.717) is 19.4 Å². The monoisotopic (exact) mass is 342 g/mol. The number of carbonyl (C=O) groups is 1. The van der Waals surface area contributed by atoms with Gasteiger partial charge in [0, 0.05) is 12.3 Å². The molecular formula is C22H30O3. The Morgan fingerprint density at radius 1 is 1.32 bits per heavy atom. The number of hydrogen-bond acceptors (Lipinski definition) is 3. The number of allylic oxidation sites excluding steroid dienone is 1. The van der Waals surface area contributed by atoms with Crippen molar-refractivity contribution in [3.05, 3.63) is 53.6 Å². The molecule has 136 valence electrons. The Kier molecular flexibility index (Phi) is 8.47. The molecule has 1 saturated heterocycles. The maximum Gasteiger partial charge on any atom is 0.305 e. The number of aliphatic hydroxyl groups excluding tert-OH is 1. The summed E-state index contributed by atoms with van der Waals surface area (Å²) in [6, 6.07) is 8.25. The van der Waals surface area contributed by atoms with Gasteiger partial charge in [-0.25, -0.2) is 0 Å². The maximum atomic E-state index is 11.2. The number of hydrogen-bond donors (Lipinski definition) is 1. The molecule has 1 aromatic carbocycles. The lowest BCUT2D eigenvalue weighted by Gasteiger charge is -2.22. The van der Waals surface area contributed by atoms with Crippen molar-refractivity contribution in [2.45, 2.75) is 63.9 Å². The number of ether oxygens (including phenoxy) is 1. The summed E-state index contributed by atoms with van der Waals surface area (Å²) in [6.07, 6.45) is 14.4. The van der Waals surface area contributed by atoms with E-state index in [0.717, 1.165) is 18.4 Å². The van der Waals surface area contributed by atoms with Gasteiger partial charge in [0.05, 0.1) is 12.7 Å². The third-order valence-corrected chi connectivity index (χ3v) is 4.55. The molecule has 1 aliphatic rings. The topological polar surface area (TPSA) is 46.5 Å². The number of carbonyl (C=O) groups excluding carboxylic acids is 1. The van der Waals surface area contributed by atoms with Crippen LogP contribution in [-0.4, -0.2) is 23.8 Å². The van der Waals surface area contributed by atoms with E-state index in [2.05, 4.69) is 31.2 Å². The number of esters is 1. The number of cyclic esters (lactones) is 1. The lowest BCUT2D eigenvalue weighted by Crippen LogP contribution is -2.20. The van der Waals surface area contributed by atoms with Crippen LogP contribution in [0.15, 0.2) is 42.5 Å². The van der Waals surface area contributed by atoms with E-state index in [4.69, 9.17) is 4.74 Å². The minimum absolute atomic E-state index is 0.0989. The largest absolute Gasteiger partial charge is 0.465 e. The molecule has 3 heteroatoms. The molecule has 2 rings (SSSR count). The van der Waals surface area contributed by atoms with Crippen molar-refractivity contribution >= 4 is 12.0 Å². The normalized spacial score (nSPS) is 19.4. The predicted molar refractivity (Wildman–Crippen MR) is 102 cm³/mol. The summed E-state index contributed by atoms with van der Waals surface area (Å²) in [5, 5.41) is 10.1. The highest BCUT2D eigenvalue weighted by Gasteiger charge is 2.21. The van der Waals surface area contributed by atoms with Gasteiger partial charge in [0.15, 0.2) is 0 Å². The fourth-order valence-electron chi connectivity index (χ4n) is 2.99. The quantitative estimate of drug-likeness (QED) is 0.390. The smallest absolute Gasteiger partial charge is 0.305 e. The first-order chi connectivity index (χ1) is 12.2. The van der Waals surface area contributed by atoms with Gasteiger partial charge in [-0.05, 0) is 36.8 Å². The van der Waals surface area contributed by atoms with E-state index < -0.39 is 6.10 Å². The van der Waals surface area contributed by atoms with E-state index in [1.165, 1.54) is 24.8 Å². The highest BCUT2D eigenvalue weighted by atomic mass is 16.5. The van der Waals surface area contributed by atoms with Gasteiger partial charge in [0.25, 0.3) is 0 Å². The zero-order valence-corrected chi connectivity index (χ0v) is 15.2. The lowest BCUT2D eigenvalue weighted by atomic mass is 9.92. The first kappa shape index (κ1) is 19.5. The summed E-state index contributed by atoms with van der Waals surface area (Å²) in [5.41, 5.74) is 2.26. The van der Waals surface area contributed by atoms with E-state index in [9.17, 15) is 9.90 Å². The van der Waals surface area contributed by atoms with E-state index >= 15 is 0 Å². The SMILES string of the molecule is CCCCCC=CCC(O)C=Cc1cccc(C2CCC(=O)OC2)c1. The number of rotatable bonds is 9. The second-order valence-electron chi connectivity index (χ2n) is 6.72. The minimum Gasteiger partial charge on any atom is -0.465 e. The van der Waals surface area contributed by atoms with Crippen molar-refractivity contribution < 1.29 is 14.6 Å². The van der Waals surface area contributed by atoms with Gasteiger partial charge in [-0.1, -0.05) is 68.3 Å². The van der Waals surface area contributed by atoms with Crippen molar-refractivity contribution in [2.75, 3.05) is 6.61 Å². The van der Waals surface area contributed by atoms with Crippen molar-refractivity contribution in [2.24, 2.45) is 0 Å². The van der Waals surface area contributed by atoms with Crippen LogP contribution in [0.3, 0.4) is 0 Å². The Morgan fingerprint density at radius 3 is 2.96 bits per heavy atom. The molecule has 1 N–H and O–H groups in total. The van der Waals surface area contributed by atoms with E-state index in [-0.39, 0.29) is 11.9 Å². The van der Waals surface area contributed by atoms with Crippen LogP contribution in [0.2, 0.25) is 0 Å². The summed E-state index contributed by atoms with van der Waals surface area (Å²) in [6.45, 7) is 2.67. The summed E-state index contributed by atoms with van der Waals surface area (Å²) in [4.78, 5) is 11.2. The Hall–Kier alpha value is -1.87. The highest BCUT2D eigenvalue weighted by molar-refractivity contribution is 5.70. The highest BCUT2D eigenvalue weighted by Crippen LogP contribution is 2.26. The molecule has 3 nitrogen and oxygen atoms in total. The van der Waals surface area contributed by atoms with Crippen molar-refractivity contribution in [1.29, 1.82) is 0 Å². The molecular weight excluding hydrogens is 312 g/mol. The van der Waals surface area contributed by atoms with E-state index in [1.54, 1.807) is 0 Å². The molecule has 0 radical (unpaired) electrons. The Balaban J connectivity index is 1.82. The third-order valence-electron chi connectivity index (χ3n) is 4.55. The summed E-state index contributed by atoms with van der Waals surface area (Å²) >= 11 is 0. The van der Waals surface area contributed by atoms with Crippen LogP contribution < -0.4 is 0 Å². The third kappa shape index (κ3) is 7.27. The molecule has 1 aromatic rings. The molecule has 2 atom stereocenters. The maximum absolute atomic E-state index is 11.2. The molecule has 0 bridgehead atoms. The zero-order chi connectivity index (χ0) is 17.9. The Labute approximate surface area is 151 Å². The van der Waals surface area contributed by atoms with Crippen LogP contribution in [-0.2, 0) is 9.53 Å². The van der Waals surface area contributed by atoms with Crippen LogP contribution in [0.1, 0.15) is 68.9 Å². The summed E-state index contributed by atoms with van der Waals surface area (Å²) in [5.74, 6) is 0.181. The second-order valence-corrected chi connectivity index (χ2v) is 6.72. The zero-order valence-electron chi connectivity index (χ0n) is 15.2. The van der Waals surface area contributed by atoms with Crippen molar-refractivity contribution in [3.63, 3.8) is 0 Å². The van der Waals surface area contributed by atoms with Crippen LogP contribution in [0.4, 0.5) is 0 Å². The molecule has 1 heterocycles. The van der Waals surface area contributed by atoms with Crippen molar-refractivity contribution in [1.82, 2.24) is 0 Å². The van der Waals surface area contributed by atoms with Gasteiger partial charge >= 0.3 is 5.97 Å². The molecule has 0 amide bonds. The minimum atomic E-state index is -0.457. The molecule has 1 fully saturated rings. The first-order valence-corrected chi connectivity index (χ1v) is 9.46. The number of unbranched alkanes of at least 4 members (excludes halogenated alkanes) is 3. The van der Waals surface area contributed by atoms with Gasteiger partial charge in [-0.15, -0.1) is 0 Å². The fourth-order valence-corrected chi connectivity index (χ4v) is 2.99. The van der Waals surface area contributed by atoms with Crippen LogP contribution in [0.25, 0.3) is 6.08 Å². The first-order valence-electron chi connectivity index (χ1n) is 9.46. The average molecular weight is 342 g/mol. The molecule has 1 aliphatic heterocycles. The molecule has 0 saturated carbocycles. The lowest BCUT2D eigenvalue weighted by molar-refractivity contribution is -0.147. The van der Waals surface area contributed by atoms with Gasteiger partial charge in [-0.3, -0.25) is 4.79 Å². The number of aliphatic hydroxyl groups is 1. The van der Waals surface area contributed by atoms with Crippen LogP contribution >= 0.6 is 0 Å². The summed E-state index contributed by atoms with van der Waals surface area (Å²) in [7, 11) is 0. The van der Waals surface area contributed by atoms with Crippen LogP contribution in [0, 0.1) is 0 Å². The van der Waals surface area contributed by atoms with Gasteiger partial charge in [-0.2, -0.15) is 0 Å². The average Bonchev–Trinajstić information content (AvgIpc) is 2.64. The second kappa shape index (κ2) is 10.9. The van der Waals surface area contributed by atoms with Gasteiger partial charge < -0.3 is 9.84 Å². The summed E-state index contributed by atoms with van der Waals surface area (Å²) < 4.78 is 5.16. The number of benzene rings is 1. The van der Waals surface area contributed by atoms with Crippen molar-refractivity contribution in [3.8, 4) is 0 Å². The van der Waals surface area contributed by atoms with Crippen LogP contribution in [0.5, 0.6) is 0 Å². The molecule has 0 aromatic heterocycles. The fraction of sp³-hybridized carbons (Fsp3) is 0.500. The Bertz CT molecular complexity index is 579. The predicted octanol–water partition coefficient (Wildman–Crippen LogP) is 5.01. The molecule has 0 aliphatic carbocycles. The Morgan fingerprint density at radius 2 is 2.20 bits per heavy atom. The van der Waals surface area contributed by atoms with E-state index in [1.807, 2.05) is 24.3 Å². The standard InChI is InChI=1S/C22H30O3/c1-2-3-4-5-6-7-11-21(23)14-12-18-9-8-10-19(16-18)20-13-15-22(24)25-17-20/h6-10,12,14,16,20-21,23H,2-5,11,13,15,17H2,1H3. The molecule has 2 unspecified atom stereocenters. The van der Waals surface area contributed by atoms with Gasteiger partial charge in [0.1, 0.15) is 0 Å². The van der Waals surface area contributed by atoms with Gasteiger partial charge in [0.2, 0.25) is 0 Å².